The van der Waals surface area contributed by atoms with Crippen molar-refractivity contribution >= 4 is 39.7 Å². The molecule has 1 aliphatic carbocycles. The van der Waals surface area contributed by atoms with Gasteiger partial charge < -0.3 is 29.8 Å². The van der Waals surface area contributed by atoms with Crippen molar-refractivity contribution in [1.29, 1.82) is 0 Å². The first-order chi connectivity index (χ1) is 22.6. The first-order valence-electron chi connectivity index (χ1n) is 16.1. The van der Waals surface area contributed by atoms with Gasteiger partial charge in [0.2, 0.25) is 5.91 Å². The van der Waals surface area contributed by atoms with Crippen molar-refractivity contribution in [3.05, 3.63) is 53.7 Å². The van der Waals surface area contributed by atoms with E-state index < -0.39 is 12.2 Å². The van der Waals surface area contributed by atoms with E-state index in [1.165, 1.54) is 11.8 Å². The molecule has 5 aromatic rings. The van der Waals surface area contributed by atoms with Crippen molar-refractivity contribution in [2.24, 2.45) is 18.7 Å². The number of rotatable bonds is 8. The van der Waals surface area contributed by atoms with Crippen LogP contribution in [0.5, 0.6) is 5.75 Å². The van der Waals surface area contributed by atoms with Crippen molar-refractivity contribution in [2.45, 2.75) is 58.3 Å². The van der Waals surface area contributed by atoms with E-state index in [1.807, 2.05) is 23.7 Å². The predicted molar refractivity (Wildman–Crippen MR) is 179 cm³/mol. The molecule has 2 atom stereocenters. The van der Waals surface area contributed by atoms with E-state index >= 15 is 0 Å². The molecule has 5 heterocycles. The Labute approximate surface area is 271 Å². The topological polar surface area (TPSA) is 133 Å². The molecule has 1 saturated carbocycles. The number of anilines is 1. The van der Waals surface area contributed by atoms with Crippen LogP contribution < -0.4 is 15.8 Å². The van der Waals surface area contributed by atoms with E-state index in [4.69, 9.17) is 20.4 Å². The molecular weight excluding hydrogens is 599 g/mol. The van der Waals surface area contributed by atoms with Gasteiger partial charge in [0.1, 0.15) is 28.9 Å². The van der Waals surface area contributed by atoms with Crippen LogP contribution in [-0.4, -0.2) is 73.2 Å². The van der Waals surface area contributed by atoms with Crippen LogP contribution in [0.25, 0.3) is 44.8 Å². The predicted octanol–water partition coefficient (Wildman–Crippen LogP) is 5.10. The number of alkyl halides is 1. The summed E-state index contributed by atoms with van der Waals surface area (Å²) in [7, 11) is 3.52. The lowest BCUT2D eigenvalue weighted by Crippen LogP contribution is -2.50. The minimum Gasteiger partial charge on any atom is -0.494 e. The second-order valence-electron chi connectivity index (χ2n) is 12.8. The van der Waals surface area contributed by atoms with Gasteiger partial charge >= 0.3 is 0 Å². The summed E-state index contributed by atoms with van der Waals surface area (Å²) in [6.45, 7) is 4.67. The average molecular weight is 639 g/mol. The van der Waals surface area contributed by atoms with Crippen LogP contribution in [0, 0.1) is 5.92 Å². The van der Waals surface area contributed by atoms with Crippen molar-refractivity contribution in [2.75, 3.05) is 25.5 Å². The molecule has 2 fully saturated rings. The van der Waals surface area contributed by atoms with Crippen molar-refractivity contribution < 1.29 is 18.7 Å². The summed E-state index contributed by atoms with van der Waals surface area (Å²) in [5.74, 6) is 1.86. The number of hydrogen-bond acceptors (Lipinski definition) is 7. The van der Waals surface area contributed by atoms with Gasteiger partial charge in [-0.25, -0.2) is 19.3 Å². The molecule has 12 heteroatoms. The molecule has 1 aromatic carbocycles. The van der Waals surface area contributed by atoms with E-state index in [1.54, 1.807) is 25.4 Å². The largest absolute Gasteiger partial charge is 0.494 e. The summed E-state index contributed by atoms with van der Waals surface area (Å²) in [5.41, 5.74) is 12.3. The Hall–Kier alpha value is -4.84. The first kappa shape index (κ1) is 30.8. The summed E-state index contributed by atoms with van der Waals surface area (Å²) >= 11 is 0. The van der Waals surface area contributed by atoms with E-state index in [2.05, 4.69) is 33.9 Å². The number of ether oxygens (including phenoxy) is 1. The molecule has 2 amide bonds. The number of nitrogens with zero attached hydrogens (tertiary/aromatic N) is 6. The molecule has 244 valence electrons. The third-order valence-electron chi connectivity index (χ3n) is 9.18. The normalized spacial score (nSPS) is 18.2. The minimum atomic E-state index is -1.15. The van der Waals surface area contributed by atoms with Gasteiger partial charge in [0.15, 0.2) is 5.82 Å². The summed E-state index contributed by atoms with van der Waals surface area (Å²) < 4.78 is 24.3. The van der Waals surface area contributed by atoms with Gasteiger partial charge in [-0.05, 0) is 73.6 Å². The number of amides is 2. The number of imidazole rings is 1. The fourth-order valence-electron chi connectivity index (χ4n) is 6.72. The number of carbonyl (C=O) groups is 2. The molecule has 3 N–H and O–H groups in total. The van der Waals surface area contributed by atoms with Crippen LogP contribution in [0.2, 0.25) is 0 Å². The maximum atomic E-state index is 14.3. The molecule has 2 aliphatic rings. The Balaban J connectivity index is 1.32. The van der Waals surface area contributed by atoms with Crippen molar-refractivity contribution in [3.63, 3.8) is 0 Å². The lowest BCUT2D eigenvalue weighted by molar-refractivity contribution is -0.114. The van der Waals surface area contributed by atoms with Gasteiger partial charge in [-0.1, -0.05) is 6.92 Å². The highest BCUT2D eigenvalue weighted by atomic mass is 19.1. The second-order valence-corrected chi connectivity index (χ2v) is 12.8. The molecule has 0 spiro atoms. The fraction of sp³-hybridized carbons (Fsp3) is 0.400. The highest BCUT2D eigenvalue weighted by Gasteiger charge is 2.31. The fourth-order valence-corrected chi connectivity index (χ4v) is 6.72. The number of aromatic nitrogens is 5. The molecule has 0 unspecified atom stereocenters. The smallest absolute Gasteiger partial charge is 0.254 e. The van der Waals surface area contributed by atoms with Gasteiger partial charge in [-0.2, -0.15) is 0 Å². The van der Waals surface area contributed by atoms with E-state index in [0.717, 1.165) is 70.7 Å². The maximum absolute atomic E-state index is 14.3. The number of carbonyl (C=O) groups excluding carboxylic acids is 2. The van der Waals surface area contributed by atoms with Gasteiger partial charge in [0.25, 0.3) is 5.91 Å². The highest BCUT2D eigenvalue weighted by molar-refractivity contribution is 6.00. The molecular formula is C35H39FN8O3. The quantitative estimate of drug-likeness (QED) is 0.242. The number of nitrogens with one attached hydrogen (secondary N) is 1. The number of hydrogen-bond donors (Lipinski definition) is 2. The molecule has 0 bridgehead atoms. The average Bonchev–Trinajstić information content (AvgIpc) is 3.72. The third-order valence-corrected chi connectivity index (χ3v) is 9.18. The zero-order valence-electron chi connectivity index (χ0n) is 27.1. The van der Waals surface area contributed by atoms with Crippen molar-refractivity contribution in [3.8, 4) is 28.5 Å². The standard InChI is InChI=1S/C35H39FN8O3/c1-5-21-13-31(39-19(2)45)38-15-26(21)27-9-8-22-11-29(44(33(22)40-27)16-20-6-7-20)34-41-28-10-23(12-30(47-4)32(28)42(34)3)35(46)43-17-24(36)14-25(37)18-43/h8-13,15,20,24-25H,5-7,14,16-18,37H2,1-4H3,(H,38,39,45)/t24-,25-/m1/s1. The highest BCUT2D eigenvalue weighted by Crippen LogP contribution is 2.38. The van der Waals surface area contributed by atoms with Gasteiger partial charge in [-0.3, -0.25) is 9.59 Å². The monoisotopic (exact) mass is 638 g/mol. The van der Waals surface area contributed by atoms with Crippen LogP contribution in [0.1, 0.15) is 49.0 Å². The van der Waals surface area contributed by atoms with Crippen LogP contribution >= 0.6 is 0 Å². The maximum Gasteiger partial charge on any atom is 0.254 e. The summed E-state index contributed by atoms with van der Waals surface area (Å²) in [6, 6.07) is 11.2. The Morgan fingerprint density at radius 2 is 1.94 bits per heavy atom. The Morgan fingerprint density at radius 3 is 2.64 bits per heavy atom. The third kappa shape index (κ3) is 5.82. The Bertz CT molecular complexity index is 2020. The number of benzene rings is 1. The van der Waals surface area contributed by atoms with Gasteiger partial charge in [0.05, 0.1) is 30.6 Å². The number of piperidine rings is 1. The number of pyridine rings is 2. The Morgan fingerprint density at radius 1 is 1.13 bits per heavy atom. The molecule has 1 saturated heterocycles. The van der Waals surface area contributed by atoms with E-state index in [0.29, 0.717) is 35.1 Å². The van der Waals surface area contributed by atoms with Crippen molar-refractivity contribution in [1.82, 2.24) is 29.0 Å². The number of nitrogens with two attached hydrogens (primary N) is 1. The summed E-state index contributed by atoms with van der Waals surface area (Å²) in [5, 5.41) is 3.76. The number of fused-ring (bicyclic) bond motifs is 2. The number of methoxy groups -OCH3 is 1. The summed E-state index contributed by atoms with van der Waals surface area (Å²) in [4.78, 5) is 41.3. The zero-order valence-corrected chi connectivity index (χ0v) is 27.1. The van der Waals surface area contributed by atoms with Gasteiger partial charge in [0, 0.05) is 55.8 Å². The van der Waals surface area contributed by atoms with Crippen LogP contribution in [0.4, 0.5) is 10.2 Å². The zero-order chi connectivity index (χ0) is 33.0. The Kier molecular flexibility index (Phi) is 7.91. The van der Waals surface area contributed by atoms with E-state index in [-0.39, 0.29) is 24.8 Å². The first-order valence-corrected chi connectivity index (χ1v) is 16.1. The molecule has 11 nitrogen and oxygen atoms in total. The molecule has 7 rings (SSSR count). The lowest BCUT2D eigenvalue weighted by Gasteiger charge is -2.33. The molecule has 1 aliphatic heterocycles. The number of likely N-dealkylation sites (tertiary alicyclic amines) is 1. The molecule has 47 heavy (non-hydrogen) atoms. The minimum absolute atomic E-state index is 0.0197. The van der Waals surface area contributed by atoms with Gasteiger partial charge in [-0.15, -0.1) is 0 Å². The number of aryl methyl sites for hydroxylation is 2. The summed E-state index contributed by atoms with van der Waals surface area (Å²) in [6.07, 6.45) is 3.95. The number of halogens is 1. The molecule has 0 radical (unpaired) electrons. The van der Waals surface area contributed by atoms with E-state index in [9.17, 15) is 14.0 Å². The van der Waals surface area contributed by atoms with Crippen LogP contribution in [-0.2, 0) is 24.8 Å². The lowest BCUT2D eigenvalue weighted by atomic mass is 10.0. The SMILES string of the molecule is CCc1cc(NC(C)=O)ncc1-c1ccc2cc(-c3nc4cc(C(=O)N5C[C@H](N)C[C@@H](F)C5)cc(OC)c4n3C)n(CC3CC3)c2n1. The second kappa shape index (κ2) is 12.1. The van der Waals surface area contributed by atoms with Crippen LogP contribution in [0.3, 0.4) is 0 Å². The van der Waals surface area contributed by atoms with Crippen LogP contribution in [0.15, 0.2) is 42.6 Å². The molecule has 4 aromatic heterocycles.